The van der Waals surface area contributed by atoms with E-state index in [1.165, 1.54) is 64.1 Å². The molecule has 0 spiro atoms. The molecular weight excluding hydrogens is 412 g/mol. The van der Waals surface area contributed by atoms with Crippen LogP contribution in [0, 0.1) is 5.92 Å². The van der Waals surface area contributed by atoms with Crippen molar-refractivity contribution in [2.45, 2.75) is 91.4 Å². The van der Waals surface area contributed by atoms with Crippen molar-refractivity contribution in [1.82, 2.24) is 9.97 Å². The molecule has 2 rings (SSSR count). The van der Waals surface area contributed by atoms with Crippen LogP contribution in [0.15, 0.2) is 36.8 Å². The molecule has 0 fully saturated rings. The Morgan fingerprint density at radius 3 is 2.45 bits per heavy atom. The second-order valence-electron chi connectivity index (χ2n) is 8.92. The van der Waals surface area contributed by atoms with Gasteiger partial charge in [-0.15, -0.1) is 0 Å². The summed E-state index contributed by atoms with van der Waals surface area (Å²) in [5.41, 5.74) is 1.74. The molecule has 0 radical (unpaired) electrons. The summed E-state index contributed by atoms with van der Waals surface area (Å²) in [4.78, 5) is 21.3. The number of para-hydroxylation sites is 1. The van der Waals surface area contributed by atoms with Crippen LogP contribution in [0.25, 0.3) is 11.3 Å². The van der Waals surface area contributed by atoms with Crippen LogP contribution in [0.1, 0.15) is 102 Å². The predicted molar refractivity (Wildman–Crippen MR) is 135 cm³/mol. The number of esters is 1. The van der Waals surface area contributed by atoms with Gasteiger partial charge in [0.05, 0.1) is 18.9 Å². The molecule has 1 heterocycles. The van der Waals surface area contributed by atoms with E-state index in [0.29, 0.717) is 30.4 Å². The summed E-state index contributed by atoms with van der Waals surface area (Å²) in [5.74, 6) is 0.910. The van der Waals surface area contributed by atoms with Crippen molar-refractivity contribution < 1.29 is 14.3 Å². The summed E-state index contributed by atoms with van der Waals surface area (Å²) >= 11 is 0. The Hall–Kier alpha value is -2.43. The minimum absolute atomic E-state index is 0.378. The fourth-order valence-corrected chi connectivity index (χ4v) is 3.86. The lowest BCUT2D eigenvalue weighted by Crippen LogP contribution is -2.12. The first-order valence-corrected chi connectivity index (χ1v) is 12.9. The minimum Gasteiger partial charge on any atom is -0.493 e. The van der Waals surface area contributed by atoms with Crippen LogP contribution in [0.4, 0.5) is 0 Å². The second-order valence-corrected chi connectivity index (χ2v) is 8.92. The summed E-state index contributed by atoms with van der Waals surface area (Å²) in [5, 5.41) is 0. The van der Waals surface area contributed by atoms with Gasteiger partial charge in [-0.2, -0.15) is 0 Å². The zero-order valence-corrected chi connectivity index (χ0v) is 20.9. The number of aromatic nitrogens is 2. The zero-order valence-electron chi connectivity index (χ0n) is 20.9. The third-order valence-electron chi connectivity index (χ3n) is 5.97. The molecule has 1 aromatic carbocycles. The molecule has 5 heteroatoms. The van der Waals surface area contributed by atoms with Crippen LogP contribution >= 0.6 is 0 Å². The van der Waals surface area contributed by atoms with Gasteiger partial charge in [0.15, 0.2) is 0 Å². The minimum atomic E-state index is -0.378. The summed E-state index contributed by atoms with van der Waals surface area (Å²) in [7, 11) is 0. The summed E-state index contributed by atoms with van der Waals surface area (Å²) in [6.45, 7) is 7.73. The number of carbonyl (C=O) groups is 1. The fourth-order valence-electron chi connectivity index (χ4n) is 3.86. The number of rotatable bonds is 17. The fraction of sp³-hybridized carbons (Fsp3) is 0.607. The Morgan fingerprint density at radius 1 is 0.909 bits per heavy atom. The molecule has 0 bridgehead atoms. The quantitative estimate of drug-likeness (QED) is 0.181. The number of carbonyl (C=O) groups excluding carboxylic acids is 1. The average molecular weight is 455 g/mol. The Kier molecular flexibility index (Phi) is 13.2. The van der Waals surface area contributed by atoms with E-state index in [-0.39, 0.29) is 5.97 Å². The first-order valence-electron chi connectivity index (χ1n) is 12.9. The first kappa shape index (κ1) is 26.8. The maximum atomic E-state index is 12.8. The molecular formula is C28H42N2O3. The highest BCUT2D eigenvalue weighted by atomic mass is 16.5. The van der Waals surface area contributed by atoms with E-state index in [9.17, 15) is 4.79 Å². The van der Waals surface area contributed by atoms with Crippen LogP contribution in [0.3, 0.4) is 0 Å². The number of hydrogen-bond acceptors (Lipinski definition) is 5. The van der Waals surface area contributed by atoms with E-state index >= 15 is 0 Å². The number of benzene rings is 1. The number of unbranched alkanes of at least 4 members (excludes halogenated alkanes) is 7. The zero-order chi connectivity index (χ0) is 23.7. The smallest absolute Gasteiger partial charge is 0.341 e. The lowest BCUT2D eigenvalue weighted by Gasteiger charge is -2.14. The normalized spacial score (nSPS) is 11.8. The molecule has 0 aliphatic heterocycles. The van der Waals surface area contributed by atoms with Crippen molar-refractivity contribution in [2.75, 3.05) is 13.2 Å². The molecule has 2 aromatic rings. The molecule has 0 aliphatic carbocycles. The molecule has 0 aliphatic rings. The van der Waals surface area contributed by atoms with Gasteiger partial charge in [0, 0.05) is 11.8 Å². The first-order chi connectivity index (χ1) is 16.2. The second kappa shape index (κ2) is 16.2. The van der Waals surface area contributed by atoms with Crippen LogP contribution in [-0.2, 0) is 4.74 Å². The molecule has 1 atom stereocenters. The number of ether oxygens (including phenoxy) is 2. The van der Waals surface area contributed by atoms with E-state index in [4.69, 9.17) is 9.47 Å². The van der Waals surface area contributed by atoms with Gasteiger partial charge in [0.25, 0.3) is 0 Å². The monoisotopic (exact) mass is 454 g/mol. The number of nitrogens with zero attached hydrogens (tertiary/aromatic N) is 2. The van der Waals surface area contributed by atoms with Gasteiger partial charge in [-0.1, -0.05) is 90.7 Å². The van der Waals surface area contributed by atoms with Crippen LogP contribution in [0.5, 0.6) is 5.75 Å². The van der Waals surface area contributed by atoms with Gasteiger partial charge in [0.1, 0.15) is 17.6 Å². The maximum Gasteiger partial charge on any atom is 0.341 e. The highest BCUT2D eigenvalue weighted by molar-refractivity contribution is 5.96. The molecule has 0 N–H and O–H groups in total. The lowest BCUT2D eigenvalue weighted by atomic mass is 10.0. The third-order valence-corrected chi connectivity index (χ3v) is 5.97. The highest BCUT2D eigenvalue weighted by Gasteiger charge is 2.19. The lowest BCUT2D eigenvalue weighted by molar-refractivity contribution is 0.0483. The molecule has 1 unspecified atom stereocenters. The van der Waals surface area contributed by atoms with E-state index in [1.807, 2.05) is 24.3 Å². The highest BCUT2D eigenvalue weighted by Crippen LogP contribution is 2.31. The van der Waals surface area contributed by atoms with Crippen molar-refractivity contribution >= 4 is 5.97 Å². The van der Waals surface area contributed by atoms with E-state index in [2.05, 4.69) is 30.7 Å². The van der Waals surface area contributed by atoms with E-state index in [1.54, 1.807) is 6.20 Å². The summed E-state index contributed by atoms with van der Waals surface area (Å²) in [6, 6.07) is 7.74. The number of hydrogen-bond donors (Lipinski definition) is 0. The van der Waals surface area contributed by atoms with Crippen molar-refractivity contribution in [3.63, 3.8) is 0 Å². The topological polar surface area (TPSA) is 61.3 Å². The molecule has 33 heavy (non-hydrogen) atoms. The van der Waals surface area contributed by atoms with Crippen molar-refractivity contribution in [3.05, 3.63) is 42.4 Å². The predicted octanol–water partition coefficient (Wildman–Crippen LogP) is 7.65. The van der Waals surface area contributed by atoms with Gasteiger partial charge >= 0.3 is 5.97 Å². The van der Waals surface area contributed by atoms with E-state index in [0.717, 1.165) is 24.2 Å². The Labute approximate surface area is 200 Å². The third kappa shape index (κ3) is 9.93. The van der Waals surface area contributed by atoms with Crippen LogP contribution in [-0.4, -0.2) is 29.2 Å². The largest absolute Gasteiger partial charge is 0.493 e. The Balaban J connectivity index is 1.95. The van der Waals surface area contributed by atoms with Gasteiger partial charge in [0.2, 0.25) is 0 Å². The van der Waals surface area contributed by atoms with Gasteiger partial charge in [-0.05, 0) is 30.9 Å². The average Bonchev–Trinajstić information content (AvgIpc) is 2.84. The van der Waals surface area contributed by atoms with Crippen LogP contribution < -0.4 is 4.74 Å². The summed E-state index contributed by atoms with van der Waals surface area (Å²) in [6.07, 6.45) is 16.1. The molecule has 182 valence electrons. The van der Waals surface area contributed by atoms with Crippen molar-refractivity contribution in [3.8, 4) is 17.0 Å². The van der Waals surface area contributed by atoms with Gasteiger partial charge < -0.3 is 9.47 Å². The molecule has 1 aromatic heterocycles. The molecule has 5 nitrogen and oxygen atoms in total. The Bertz CT molecular complexity index is 809. The summed E-state index contributed by atoms with van der Waals surface area (Å²) < 4.78 is 11.7. The standard InChI is InChI=1S/C28H42N2O3/c1-4-6-8-9-10-14-19-32-26-17-13-12-16-24(26)27-25(21-29-22-30-27)28(31)33-20-18-23(3)15-11-7-5-2/h12-13,16-17,21-23H,4-11,14-15,18-20H2,1-3H3. The van der Waals surface area contributed by atoms with Gasteiger partial charge in [-0.3, -0.25) is 0 Å². The van der Waals surface area contributed by atoms with E-state index < -0.39 is 0 Å². The van der Waals surface area contributed by atoms with Crippen molar-refractivity contribution in [2.24, 2.45) is 5.92 Å². The Morgan fingerprint density at radius 2 is 1.64 bits per heavy atom. The van der Waals surface area contributed by atoms with Gasteiger partial charge in [-0.25, -0.2) is 14.8 Å². The molecule has 0 saturated heterocycles. The maximum absolute atomic E-state index is 12.8. The SMILES string of the molecule is CCCCCCCCOc1ccccc1-c1ncncc1C(=O)OCCC(C)CCCCC. The molecule has 0 amide bonds. The van der Waals surface area contributed by atoms with Crippen molar-refractivity contribution in [1.29, 1.82) is 0 Å². The molecule has 0 saturated carbocycles. The van der Waals surface area contributed by atoms with Crippen LogP contribution in [0.2, 0.25) is 0 Å².